The van der Waals surface area contributed by atoms with Crippen molar-refractivity contribution >= 4 is 22.1 Å². The maximum Gasteiger partial charge on any atom is 0.306 e. The molecule has 0 aliphatic carbocycles. The highest BCUT2D eigenvalue weighted by Crippen LogP contribution is 2.24. The predicted molar refractivity (Wildman–Crippen MR) is 284 cm³/mol. The molecule has 0 aromatic rings. The number of ether oxygens (including phenoxy) is 4. The molecule has 0 bridgehead atoms. The minimum absolute atomic E-state index is 0.165. The number of allylic oxidation sites excluding steroid dienone is 4. The van der Waals surface area contributed by atoms with Crippen LogP contribution in [-0.2, 0) is 38.7 Å². The van der Waals surface area contributed by atoms with Gasteiger partial charge in [0.1, 0.15) is 36.8 Å². The Morgan fingerprint density at radius 3 is 1.26 bits per heavy atom. The molecule has 0 spiro atoms. The SMILES string of the molecule is CCCCCCC/C=C\C/C=C\CCCCCCCCCCCCCC(=O)OC(COC(=O)CCCCCCCCCCCCCCCCCCCCC)COC1OC(CS(=O)(=O)O)C(O)C(O)C1O. The van der Waals surface area contributed by atoms with Gasteiger partial charge in [-0.05, 0) is 44.9 Å². The van der Waals surface area contributed by atoms with Gasteiger partial charge in [-0.15, -0.1) is 0 Å². The van der Waals surface area contributed by atoms with E-state index in [-0.39, 0.29) is 19.4 Å². The third-order valence-electron chi connectivity index (χ3n) is 13.5. The van der Waals surface area contributed by atoms with Gasteiger partial charge < -0.3 is 34.3 Å². The minimum atomic E-state index is -4.61. The highest BCUT2D eigenvalue weighted by atomic mass is 32.2. The number of rotatable bonds is 50. The van der Waals surface area contributed by atoms with Crippen LogP contribution in [0.3, 0.4) is 0 Å². The molecule has 70 heavy (non-hydrogen) atoms. The zero-order valence-electron chi connectivity index (χ0n) is 44.6. The van der Waals surface area contributed by atoms with Crippen LogP contribution in [-0.4, -0.2) is 96.0 Å². The number of hydrogen-bond donors (Lipinski definition) is 4. The van der Waals surface area contributed by atoms with Crippen molar-refractivity contribution in [3.63, 3.8) is 0 Å². The Hall–Kier alpha value is -1.87. The molecular formula is C57H106O12S. The lowest BCUT2D eigenvalue weighted by Gasteiger charge is -2.40. The van der Waals surface area contributed by atoms with Crippen molar-refractivity contribution in [1.29, 1.82) is 0 Å². The summed E-state index contributed by atoms with van der Waals surface area (Å²) in [5, 5.41) is 31.1. The molecule has 1 saturated heterocycles. The first-order valence-corrected chi connectivity index (χ1v) is 30.5. The number of carbonyl (C=O) groups is 2. The van der Waals surface area contributed by atoms with Crippen molar-refractivity contribution < 1.29 is 56.8 Å². The molecule has 1 heterocycles. The molecule has 412 valence electrons. The first kappa shape index (κ1) is 66.1. The number of unbranched alkanes of at least 4 members (excludes halogenated alkanes) is 34. The summed E-state index contributed by atoms with van der Waals surface area (Å²) in [6.07, 6.45) is 46.4. The lowest BCUT2D eigenvalue weighted by Crippen LogP contribution is -2.60. The van der Waals surface area contributed by atoms with Crippen LogP contribution in [0.5, 0.6) is 0 Å². The summed E-state index contributed by atoms with van der Waals surface area (Å²) in [4.78, 5) is 25.6. The standard InChI is InChI=1S/C57H106O12S/c1-3-5-7-9-11-13-15-17-19-21-23-24-25-26-28-30-32-34-36-38-40-42-44-46-53(59)68-50(48-67-57-56(62)55(61)54(60)51(69-57)49-70(63,64)65)47-66-52(58)45-43-41-39-37-35-33-31-29-27-22-20-18-16-14-12-10-8-6-4-2/h15,17,21,23,50-51,54-57,60-62H,3-14,16,18-20,22,24-49H2,1-2H3,(H,63,64,65)/b17-15-,23-21-. The van der Waals surface area contributed by atoms with Gasteiger partial charge in [0.25, 0.3) is 10.1 Å². The van der Waals surface area contributed by atoms with Gasteiger partial charge in [-0.2, -0.15) is 8.42 Å². The second kappa shape index (κ2) is 46.9. The third kappa shape index (κ3) is 40.6. The zero-order chi connectivity index (χ0) is 51.2. The smallest absolute Gasteiger partial charge is 0.306 e. The second-order valence-corrected chi connectivity index (χ2v) is 21.8. The van der Waals surface area contributed by atoms with E-state index in [1.165, 1.54) is 186 Å². The van der Waals surface area contributed by atoms with Gasteiger partial charge in [-0.1, -0.05) is 237 Å². The largest absolute Gasteiger partial charge is 0.462 e. The van der Waals surface area contributed by atoms with Crippen molar-refractivity contribution in [2.45, 2.75) is 307 Å². The summed E-state index contributed by atoms with van der Waals surface area (Å²) < 4.78 is 54.4. The third-order valence-corrected chi connectivity index (χ3v) is 14.3. The molecule has 12 nitrogen and oxygen atoms in total. The maximum atomic E-state index is 12.9. The predicted octanol–water partition coefficient (Wildman–Crippen LogP) is 13.9. The Kier molecular flexibility index (Phi) is 44.3. The minimum Gasteiger partial charge on any atom is -0.462 e. The van der Waals surface area contributed by atoms with Crippen molar-refractivity contribution in [2.24, 2.45) is 0 Å². The summed E-state index contributed by atoms with van der Waals surface area (Å²) in [5.41, 5.74) is 0. The van der Waals surface area contributed by atoms with Gasteiger partial charge in [0.15, 0.2) is 12.4 Å². The van der Waals surface area contributed by atoms with Crippen molar-refractivity contribution in [3.8, 4) is 0 Å². The molecule has 0 saturated carbocycles. The lowest BCUT2D eigenvalue weighted by molar-refractivity contribution is -0.297. The molecular weight excluding hydrogens is 909 g/mol. The highest BCUT2D eigenvalue weighted by molar-refractivity contribution is 7.85. The normalized spacial score (nSPS) is 19.1. The van der Waals surface area contributed by atoms with E-state index in [1.54, 1.807) is 0 Å². The van der Waals surface area contributed by atoms with E-state index >= 15 is 0 Å². The van der Waals surface area contributed by atoms with E-state index in [0.717, 1.165) is 44.9 Å². The van der Waals surface area contributed by atoms with Crippen LogP contribution in [0.1, 0.15) is 271 Å². The average molecular weight is 1020 g/mol. The van der Waals surface area contributed by atoms with Crippen LogP contribution in [0, 0.1) is 0 Å². The van der Waals surface area contributed by atoms with Gasteiger partial charge >= 0.3 is 11.9 Å². The van der Waals surface area contributed by atoms with E-state index in [0.29, 0.717) is 12.8 Å². The number of esters is 2. The maximum absolute atomic E-state index is 12.9. The summed E-state index contributed by atoms with van der Waals surface area (Å²) in [6, 6.07) is 0. The fourth-order valence-electron chi connectivity index (χ4n) is 9.06. The van der Waals surface area contributed by atoms with Crippen LogP contribution in [0.15, 0.2) is 24.3 Å². The molecule has 6 unspecified atom stereocenters. The molecule has 13 heteroatoms. The van der Waals surface area contributed by atoms with E-state index in [1.807, 2.05) is 0 Å². The van der Waals surface area contributed by atoms with Gasteiger partial charge in [-0.3, -0.25) is 14.1 Å². The van der Waals surface area contributed by atoms with Crippen LogP contribution in [0.25, 0.3) is 0 Å². The van der Waals surface area contributed by atoms with Gasteiger partial charge in [-0.25, -0.2) is 0 Å². The van der Waals surface area contributed by atoms with Crippen molar-refractivity contribution in [3.05, 3.63) is 24.3 Å². The van der Waals surface area contributed by atoms with Crippen molar-refractivity contribution in [1.82, 2.24) is 0 Å². The molecule has 6 atom stereocenters. The first-order valence-electron chi connectivity index (χ1n) is 28.9. The molecule has 0 radical (unpaired) electrons. The topological polar surface area (TPSA) is 186 Å². The van der Waals surface area contributed by atoms with Crippen molar-refractivity contribution in [2.75, 3.05) is 19.0 Å². The highest BCUT2D eigenvalue weighted by Gasteiger charge is 2.46. The average Bonchev–Trinajstić information content (AvgIpc) is 3.33. The Bertz CT molecular complexity index is 1370. The van der Waals surface area contributed by atoms with E-state index in [9.17, 15) is 37.9 Å². The van der Waals surface area contributed by atoms with E-state index in [2.05, 4.69) is 38.2 Å². The monoisotopic (exact) mass is 1010 g/mol. The quantitative estimate of drug-likeness (QED) is 0.0196. The van der Waals surface area contributed by atoms with Gasteiger partial charge in [0.2, 0.25) is 0 Å². The number of hydrogen-bond acceptors (Lipinski definition) is 11. The van der Waals surface area contributed by atoms with Crippen LogP contribution < -0.4 is 0 Å². The lowest BCUT2D eigenvalue weighted by atomic mass is 10.00. The number of carbonyl (C=O) groups excluding carboxylic acids is 2. The Morgan fingerprint density at radius 2 is 0.857 bits per heavy atom. The van der Waals surface area contributed by atoms with Gasteiger partial charge in [0, 0.05) is 12.8 Å². The number of aliphatic hydroxyl groups is 3. The molecule has 0 aromatic carbocycles. The Balaban J connectivity index is 2.30. The molecule has 1 aliphatic rings. The molecule has 1 rings (SSSR count). The molecule has 4 N–H and O–H groups in total. The summed E-state index contributed by atoms with van der Waals surface area (Å²) in [6.45, 7) is 3.81. The molecule has 0 amide bonds. The summed E-state index contributed by atoms with van der Waals surface area (Å²) in [5.74, 6) is -1.97. The van der Waals surface area contributed by atoms with Gasteiger partial charge in [0.05, 0.1) is 6.61 Å². The Morgan fingerprint density at radius 1 is 0.486 bits per heavy atom. The van der Waals surface area contributed by atoms with Crippen LogP contribution >= 0.6 is 0 Å². The molecule has 1 aliphatic heterocycles. The van der Waals surface area contributed by atoms with Crippen LogP contribution in [0.4, 0.5) is 0 Å². The zero-order valence-corrected chi connectivity index (χ0v) is 45.5. The first-order chi connectivity index (χ1) is 34.0. The molecule has 0 aromatic heterocycles. The molecule has 1 fully saturated rings. The second-order valence-electron chi connectivity index (χ2n) is 20.3. The summed E-state index contributed by atoms with van der Waals surface area (Å²) in [7, 11) is -4.61. The van der Waals surface area contributed by atoms with E-state index < -0.39 is 71.2 Å². The fourth-order valence-corrected chi connectivity index (χ4v) is 9.75. The van der Waals surface area contributed by atoms with Crippen LogP contribution in [0.2, 0.25) is 0 Å². The fraction of sp³-hybridized carbons (Fsp3) is 0.895. The number of aliphatic hydroxyl groups excluding tert-OH is 3. The Labute approximate surface area is 428 Å². The van der Waals surface area contributed by atoms with E-state index in [4.69, 9.17) is 18.9 Å². The summed E-state index contributed by atoms with van der Waals surface area (Å²) >= 11 is 0.